The molecule has 3 aromatic heterocycles. The van der Waals surface area contributed by atoms with E-state index < -0.39 is 8.07 Å². The Morgan fingerprint density at radius 2 is 1.30 bits per heavy atom. The molecule has 0 aliphatic heterocycles. The number of hydrogen-bond donors (Lipinski definition) is 0. The molecule has 0 bridgehead atoms. The van der Waals surface area contributed by atoms with E-state index in [4.69, 9.17) is 9.40 Å². The molecule has 0 saturated carbocycles. The van der Waals surface area contributed by atoms with Gasteiger partial charge in [-0.05, 0) is 115 Å². The zero-order valence-corrected chi connectivity index (χ0v) is 44.7. The predicted molar refractivity (Wildman–Crippen MR) is 291 cm³/mol. The number of furan rings is 1. The Hall–Kier alpha value is -6.43. The van der Waals surface area contributed by atoms with E-state index in [0.717, 1.165) is 55.6 Å². The van der Waals surface area contributed by atoms with Gasteiger partial charge in [-0.1, -0.05) is 163 Å². The van der Waals surface area contributed by atoms with E-state index in [2.05, 4.69) is 217 Å². The second-order valence-electron chi connectivity index (χ2n) is 20.9. The van der Waals surface area contributed by atoms with E-state index in [9.17, 15) is 0 Å². The van der Waals surface area contributed by atoms with Gasteiger partial charge in [-0.3, -0.25) is 4.98 Å². The first-order valence-electron chi connectivity index (χ1n) is 24.0. The molecule has 0 amide bonds. The molecule has 0 saturated heterocycles. The monoisotopic (exact) mass is 1090 g/mol. The van der Waals surface area contributed by atoms with Crippen LogP contribution in [0, 0.1) is 12.1 Å². The van der Waals surface area contributed by atoms with Crippen molar-refractivity contribution in [3.63, 3.8) is 0 Å². The Morgan fingerprint density at radius 1 is 0.609 bits per heavy atom. The summed E-state index contributed by atoms with van der Waals surface area (Å²) in [5.74, 6) is 1.39. The Labute approximate surface area is 421 Å². The molecule has 347 valence electrons. The fourth-order valence-electron chi connectivity index (χ4n) is 9.57. The maximum Gasteiger partial charge on any atom is 0.121 e. The van der Waals surface area contributed by atoms with Crippen molar-refractivity contribution in [3.05, 3.63) is 193 Å². The third-order valence-electron chi connectivity index (χ3n) is 13.4. The van der Waals surface area contributed by atoms with Crippen LogP contribution in [-0.4, -0.2) is 22.6 Å². The van der Waals surface area contributed by atoms with E-state index >= 15 is 0 Å². The van der Waals surface area contributed by atoms with Gasteiger partial charge in [0, 0.05) is 37.4 Å². The van der Waals surface area contributed by atoms with Crippen LogP contribution in [0.5, 0.6) is 0 Å². The van der Waals surface area contributed by atoms with Gasteiger partial charge in [-0.25, -0.2) is 0 Å². The molecule has 3 heterocycles. The Morgan fingerprint density at radius 3 is 2.00 bits per heavy atom. The van der Waals surface area contributed by atoms with Gasteiger partial charge < -0.3 is 14.0 Å². The molecule has 0 N–H and O–H groups in total. The number of nitrogens with zero attached hydrogens (tertiary/aromatic N) is 3. The second kappa shape index (κ2) is 18.8. The largest absolute Gasteiger partial charge is 0.501 e. The first kappa shape index (κ1) is 47.6. The Balaban J connectivity index is 0.000000296. The summed E-state index contributed by atoms with van der Waals surface area (Å²) in [7, 11) is -1.40. The molecule has 0 aliphatic carbocycles. The minimum atomic E-state index is -1.40. The van der Waals surface area contributed by atoms with Crippen molar-refractivity contribution < 1.29 is 24.5 Å². The summed E-state index contributed by atoms with van der Waals surface area (Å²) in [6.45, 7) is 23.1. The third kappa shape index (κ3) is 9.14. The zero-order valence-electron chi connectivity index (χ0n) is 41.3. The molecule has 1 radical (unpaired) electrons. The molecule has 0 spiro atoms. The van der Waals surface area contributed by atoms with Crippen LogP contribution >= 0.6 is 0 Å². The normalized spacial score (nSPS) is 12.1. The summed E-state index contributed by atoms with van der Waals surface area (Å²) in [6, 6.07) is 63.2. The van der Waals surface area contributed by atoms with Crippen molar-refractivity contribution in [1.82, 2.24) is 14.5 Å². The van der Waals surface area contributed by atoms with Crippen LogP contribution in [0.1, 0.15) is 77.0 Å². The number of hydrogen-bond acceptors (Lipinski definition) is 3. The van der Waals surface area contributed by atoms with Crippen LogP contribution < -0.4 is 5.19 Å². The van der Waals surface area contributed by atoms with Gasteiger partial charge in [0.15, 0.2) is 0 Å². The predicted octanol–water partition coefficient (Wildman–Crippen LogP) is 17.0. The first-order valence-corrected chi connectivity index (χ1v) is 27.5. The summed E-state index contributed by atoms with van der Waals surface area (Å²) < 4.78 is 9.26. The first-order chi connectivity index (χ1) is 32.6. The summed E-state index contributed by atoms with van der Waals surface area (Å²) in [6.07, 6.45) is 1.87. The third-order valence-corrected chi connectivity index (χ3v) is 15.5. The average Bonchev–Trinajstić information content (AvgIpc) is 3.91. The molecular formula is C63H59IrN3OSi-2. The summed E-state index contributed by atoms with van der Waals surface area (Å²) in [5.41, 5.74) is 14.4. The summed E-state index contributed by atoms with van der Waals surface area (Å²) >= 11 is 0. The van der Waals surface area contributed by atoms with Gasteiger partial charge in [0.1, 0.15) is 5.58 Å². The van der Waals surface area contributed by atoms with Gasteiger partial charge in [0.05, 0.1) is 30.5 Å². The topological polar surface area (TPSA) is 43.9 Å². The number of rotatable bonds is 7. The molecular weight excluding hydrogens is 1040 g/mol. The van der Waals surface area contributed by atoms with Gasteiger partial charge in [-0.2, -0.15) is 0 Å². The number of pyridine rings is 1. The fraction of sp³-hybridized carbons (Fsp3) is 0.206. The van der Waals surface area contributed by atoms with Crippen molar-refractivity contribution in [2.45, 2.75) is 85.4 Å². The number of fused-ring (bicyclic) bond motifs is 7. The maximum atomic E-state index is 6.87. The molecule has 0 aliphatic rings. The van der Waals surface area contributed by atoms with Gasteiger partial charge in [0.2, 0.25) is 0 Å². The van der Waals surface area contributed by atoms with E-state index in [-0.39, 0.29) is 37.4 Å². The van der Waals surface area contributed by atoms with Gasteiger partial charge in [-0.15, -0.1) is 54.1 Å². The quantitative estimate of drug-likeness (QED) is 0.0907. The SMILES string of the molecule is CC(C)(C)c1ccnc(-c2[c-]cccc2)c1.CC(C)c1cc(-c2ccc([Si](C)(C)C)cc2)cc(C(C)C)c1-n1c(-c2[c-]ccc3c2oc2cc4c(ccc5ccccc54)cc23)nc2ccccc21.[Ir]. The Kier molecular flexibility index (Phi) is 13.0. The van der Waals surface area contributed by atoms with Crippen molar-refractivity contribution >= 4 is 67.8 Å². The number of para-hydroxylation sites is 2. The molecule has 69 heavy (non-hydrogen) atoms. The number of benzene rings is 8. The molecule has 0 fully saturated rings. The van der Waals surface area contributed by atoms with Crippen molar-refractivity contribution in [3.8, 4) is 39.5 Å². The average molecular weight is 1090 g/mol. The molecule has 0 atom stereocenters. The standard InChI is InChI=1S/C48H43N2OSi.C15H16N.Ir/c1-29(2)39-26-34(31-21-23-35(24-22-31)52(5,6)7)27-40(30(3)4)46(39)50-44-18-11-10-17-43(44)49-48(50)38-16-12-15-37-42-25-33-20-19-32-13-8-9-14-36(32)41(33)28-45(42)51-47(37)38;1-15(2,3)13-9-10-16-14(11-13)12-7-5-4-6-8-12;/h8-15,17-30H,1-7H3;4-7,9-11H,1-3H3;/q2*-1;. The summed E-state index contributed by atoms with van der Waals surface area (Å²) in [4.78, 5) is 9.76. The molecule has 0 unspecified atom stereocenters. The second-order valence-corrected chi connectivity index (χ2v) is 26.0. The summed E-state index contributed by atoms with van der Waals surface area (Å²) in [5, 5.41) is 8.51. The zero-order chi connectivity index (χ0) is 47.5. The number of aromatic nitrogens is 3. The minimum Gasteiger partial charge on any atom is -0.501 e. The van der Waals surface area contributed by atoms with Crippen LogP contribution in [0.4, 0.5) is 0 Å². The van der Waals surface area contributed by atoms with Gasteiger partial charge >= 0.3 is 0 Å². The van der Waals surface area contributed by atoms with Crippen LogP contribution in [0.15, 0.2) is 168 Å². The molecule has 11 aromatic rings. The van der Waals surface area contributed by atoms with Crippen molar-refractivity contribution in [2.24, 2.45) is 0 Å². The maximum absolute atomic E-state index is 6.87. The molecule has 6 heteroatoms. The molecule has 8 aromatic carbocycles. The van der Waals surface area contributed by atoms with Crippen LogP contribution in [0.25, 0.3) is 94.0 Å². The van der Waals surface area contributed by atoms with E-state index in [1.807, 2.05) is 36.5 Å². The van der Waals surface area contributed by atoms with Crippen molar-refractivity contribution in [2.75, 3.05) is 0 Å². The molecule has 4 nitrogen and oxygen atoms in total. The van der Waals surface area contributed by atoms with Crippen molar-refractivity contribution in [1.29, 1.82) is 0 Å². The number of imidazole rings is 1. The van der Waals surface area contributed by atoms with E-state index in [1.54, 1.807) is 0 Å². The van der Waals surface area contributed by atoms with E-state index in [1.165, 1.54) is 60.2 Å². The van der Waals surface area contributed by atoms with E-state index in [0.29, 0.717) is 0 Å². The minimum absolute atomic E-state index is 0. The van der Waals surface area contributed by atoms with Crippen LogP contribution in [0.2, 0.25) is 19.6 Å². The fourth-order valence-corrected chi connectivity index (χ4v) is 10.7. The van der Waals surface area contributed by atoms with Crippen LogP contribution in [0.3, 0.4) is 0 Å². The van der Waals surface area contributed by atoms with Crippen LogP contribution in [-0.2, 0) is 25.5 Å². The molecule has 11 rings (SSSR count). The smallest absolute Gasteiger partial charge is 0.121 e. The van der Waals surface area contributed by atoms with Gasteiger partial charge in [0.25, 0.3) is 0 Å². The Bertz CT molecular complexity index is 3620.